The van der Waals surface area contributed by atoms with E-state index in [9.17, 15) is 4.79 Å². The van der Waals surface area contributed by atoms with Gasteiger partial charge in [-0.25, -0.2) is 4.98 Å². The predicted molar refractivity (Wildman–Crippen MR) is 99.9 cm³/mol. The number of hydrogen-bond donors (Lipinski definition) is 2. The SMILES string of the molecule is COc1ccc(OCCNC(=O)Cc2c(C)nc3nc(N)nn3c2C)cc1. The predicted octanol–water partition coefficient (Wildman–Crippen LogP) is 1.07. The van der Waals surface area contributed by atoms with Gasteiger partial charge < -0.3 is 20.5 Å². The molecule has 0 radical (unpaired) electrons. The Morgan fingerprint density at radius 2 is 1.89 bits per heavy atom. The maximum atomic E-state index is 12.3. The van der Waals surface area contributed by atoms with Crippen LogP contribution in [-0.4, -0.2) is 45.8 Å². The lowest BCUT2D eigenvalue weighted by atomic mass is 10.1. The number of benzene rings is 1. The third kappa shape index (κ3) is 4.25. The standard InChI is InChI=1S/C18H22N6O3/c1-11-15(12(2)24-18(21-11)22-17(19)23-24)10-16(25)20-8-9-27-14-6-4-13(26-3)5-7-14/h4-7H,8-10H2,1-3H3,(H2,19,23)(H,20,25). The van der Waals surface area contributed by atoms with E-state index in [2.05, 4.69) is 20.4 Å². The van der Waals surface area contributed by atoms with Crippen molar-refractivity contribution in [1.82, 2.24) is 24.9 Å². The van der Waals surface area contributed by atoms with Crippen LogP contribution in [-0.2, 0) is 11.2 Å². The Hall–Kier alpha value is -3.36. The zero-order valence-corrected chi connectivity index (χ0v) is 15.5. The third-order valence-corrected chi connectivity index (χ3v) is 4.16. The molecule has 0 aliphatic heterocycles. The maximum absolute atomic E-state index is 12.3. The van der Waals surface area contributed by atoms with Crippen LogP contribution in [0.15, 0.2) is 24.3 Å². The van der Waals surface area contributed by atoms with E-state index in [1.807, 2.05) is 38.1 Å². The molecule has 142 valence electrons. The van der Waals surface area contributed by atoms with E-state index in [0.717, 1.165) is 28.5 Å². The molecule has 0 unspecified atom stereocenters. The molecule has 2 heterocycles. The fraction of sp³-hybridized carbons (Fsp3) is 0.333. The molecule has 0 aliphatic rings. The first kappa shape index (κ1) is 18.4. The number of aromatic nitrogens is 4. The molecule has 9 nitrogen and oxygen atoms in total. The van der Waals surface area contributed by atoms with Gasteiger partial charge in [-0.05, 0) is 38.1 Å². The van der Waals surface area contributed by atoms with E-state index >= 15 is 0 Å². The van der Waals surface area contributed by atoms with E-state index in [4.69, 9.17) is 15.2 Å². The highest BCUT2D eigenvalue weighted by Crippen LogP contribution is 2.17. The number of nitrogens with zero attached hydrogens (tertiary/aromatic N) is 4. The van der Waals surface area contributed by atoms with Gasteiger partial charge in [-0.3, -0.25) is 4.79 Å². The quantitative estimate of drug-likeness (QED) is 0.598. The fourth-order valence-corrected chi connectivity index (χ4v) is 2.73. The molecule has 0 atom stereocenters. The van der Waals surface area contributed by atoms with Crippen molar-refractivity contribution in [3.8, 4) is 11.5 Å². The molecule has 2 aromatic heterocycles. The van der Waals surface area contributed by atoms with Gasteiger partial charge >= 0.3 is 0 Å². The first-order chi connectivity index (χ1) is 13.0. The largest absolute Gasteiger partial charge is 0.497 e. The zero-order valence-electron chi connectivity index (χ0n) is 15.5. The molecule has 3 aromatic rings. The minimum atomic E-state index is -0.117. The van der Waals surface area contributed by atoms with Crippen molar-refractivity contribution < 1.29 is 14.3 Å². The van der Waals surface area contributed by atoms with Gasteiger partial charge in [0.15, 0.2) is 0 Å². The van der Waals surface area contributed by atoms with Gasteiger partial charge in [-0.2, -0.15) is 9.50 Å². The van der Waals surface area contributed by atoms with Crippen molar-refractivity contribution in [2.24, 2.45) is 0 Å². The first-order valence-electron chi connectivity index (χ1n) is 8.50. The summed E-state index contributed by atoms with van der Waals surface area (Å²) < 4.78 is 12.2. The average molecular weight is 370 g/mol. The number of amides is 1. The van der Waals surface area contributed by atoms with Crippen LogP contribution in [0.25, 0.3) is 5.78 Å². The van der Waals surface area contributed by atoms with Gasteiger partial charge in [0.25, 0.3) is 5.78 Å². The number of nitrogens with one attached hydrogen (secondary N) is 1. The van der Waals surface area contributed by atoms with Gasteiger partial charge in [0.05, 0.1) is 20.1 Å². The number of ether oxygens (including phenoxy) is 2. The maximum Gasteiger partial charge on any atom is 0.254 e. The lowest BCUT2D eigenvalue weighted by Gasteiger charge is -2.11. The minimum absolute atomic E-state index is 0.117. The van der Waals surface area contributed by atoms with Gasteiger partial charge in [0.2, 0.25) is 11.9 Å². The van der Waals surface area contributed by atoms with Crippen molar-refractivity contribution >= 4 is 17.6 Å². The number of nitrogens with two attached hydrogens (primary N) is 1. The molecule has 0 saturated heterocycles. The molecular weight excluding hydrogens is 348 g/mol. The van der Waals surface area contributed by atoms with E-state index < -0.39 is 0 Å². The molecule has 0 saturated carbocycles. The number of fused-ring (bicyclic) bond motifs is 1. The molecule has 3 N–H and O–H groups in total. The Morgan fingerprint density at radius 3 is 2.59 bits per heavy atom. The van der Waals surface area contributed by atoms with Gasteiger partial charge in [0, 0.05) is 17.0 Å². The Balaban J connectivity index is 1.54. The lowest BCUT2D eigenvalue weighted by molar-refractivity contribution is -0.120. The fourth-order valence-electron chi connectivity index (χ4n) is 2.73. The van der Waals surface area contributed by atoms with Gasteiger partial charge in [0.1, 0.15) is 18.1 Å². The number of hydrogen-bond acceptors (Lipinski definition) is 7. The molecule has 9 heteroatoms. The second kappa shape index (κ2) is 7.90. The van der Waals surface area contributed by atoms with Crippen LogP contribution in [0.2, 0.25) is 0 Å². The molecule has 0 aliphatic carbocycles. The smallest absolute Gasteiger partial charge is 0.254 e. The molecule has 0 spiro atoms. The summed E-state index contributed by atoms with van der Waals surface area (Å²) in [4.78, 5) is 20.7. The summed E-state index contributed by atoms with van der Waals surface area (Å²) in [5.74, 6) is 1.95. The number of nitrogen functional groups attached to an aromatic ring is 1. The Morgan fingerprint density at radius 1 is 1.19 bits per heavy atom. The summed E-state index contributed by atoms with van der Waals surface area (Å²) in [6.07, 6.45) is 0.197. The summed E-state index contributed by atoms with van der Waals surface area (Å²) in [6, 6.07) is 7.27. The number of anilines is 1. The van der Waals surface area contributed by atoms with E-state index in [1.54, 1.807) is 11.6 Å². The number of carbonyl (C=O) groups is 1. The monoisotopic (exact) mass is 370 g/mol. The van der Waals surface area contributed by atoms with E-state index in [0.29, 0.717) is 18.9 Å². The molecule has 3 rings (SSSR count). The Kier molecular flexibility index (Phi) is 5.39. The van der Waals surface area contributed by atoms with Crippen molar-refractivity contribution in [1.29, 1.82) is 0 Å². The summed E-state index contributed by atoms with van der Waals surface area (Å²) in [5.41, 5.74) is 7.96. The first-order valence-corrected chi connectivity index (χ1v) is 8.50. The van der Waals surface area contributed by atoms with Crippen LogP contribution < -0.4 is 20.5 Å². The van der Waals surface area contributed by atoms with Crippen LogP contribution >= 0.6 is 0 Å². The highest BCUT2D eigenvalue weighted by atomic mass is 16.5. The second-order valence-electron chi connectivity index (χ2n) is 5.99. The molecular formula is C18H22N6O3. The summed E-state index contributed by atoms with van der Waals surface area (Å²) >= 11 is 0. The van der Waals surface area contributed by atoms with Crippen molar-refractivity contribution in [2.75, 3.05) is 26.0 Å². The number of carbonyl (C=O) groups excluding carboxylic acids is 1. The zero-order chi connectivity index (χ0) is 19.4. The highest BCUT2D eigenvalue weighted by molar-refractivity contribution is 5.79. The Bertz CT molecular complexity index is 952. The van der Waals surface area contributed by atoms with Crippen LogP contribution in [0, 0.1) is 13.8 Å². The minimum Gasteiger partial charge on any atom is -0.497 e. The Labute approximate surface area is 156 Å². The third-order valence-electron chi connectivity index (χ3n) is 4.16. The highest BCUT2D eigenvalue weighted by Gasteiger charge is 2.15. The van der Waals surface area contributed by atoms with Crippen LogP contribution in [0.1, 0.15) is 17.0 Å². The molecule has 1 amide bonds. The number of aryl methyl sites for hydroxylation is 2. The summed E-state index contributed by atoms with van der Waals surface area (Å²) in [7, 11) is 1.61. The average Bonchev–Trinajstić information content (AvgIpc) is 3.03. The second-order valence-corrected chi connectivity index (χ2v) is 5.99. The van der Waals surface area contributed by atoms with Crippen molar-refractivity contribution in [2.45, 2.75) is 20.3 Å². The van der Waals surface area contributed by atoms with E-state index in [-0.39, 0.29) is 18.3 Å². The van der Waals surface area contributed by atoms with E-state index in [1.165, 1.54) is 0 Å². The van der Waals surface area contributed by atoms with Crippen LogP contribution in [0.3, 0.4) is 0 Å². The van der Waals surface area contributed by atoms with Crippen molar-refractivity contribution in [3.63, 3.8) is 0 Å². The van der Waals surface area contributed by atoms with Gasteiger partial charge in [-0.15, -0.1) is 5.10 Å². The molecule has 1 aromatic carbocycles. The number of methoxy groups -OCH3 is 1. The number of rotatable bonds is 7. The molecule has 0 fully saturated rings. The van der Waals surface area contributed by atoms with Gasteiger partial charge in [-0.1, -0.05) is 0 Å². The molecule has 27 heavy (non-hydrogen) atoms. The lowest BCUT2D eigenvalue weighted by Crippen LogP contribution is -2.30. The van der Waals surface area contributed by atoms with Crippen LogP contribution in [0.5, 0.6) is 11.5 Å². The summed E-state index contributed by atoms with van der Waals surface area (Å²) in [6.45, 7) is 4.47. The normalized spacial score (nSPS) is 10.8. The topological polar surface area (TPSA) is 117 Å². The molecule has 0 bridgehead atoms. The van der Waals surface area contributed by atoms with Crippen LogP contribution in [0.4, 0.5) is 5.95 Å². The summed E-state index contributed by atoms with van der Waals surface area (Å²) in [5, 5.41) is 6.95. The van der Waals surface area contributed by atoms with Crippen molar-refractivity contribution in [3.05, 3.63) is 41.2 Å².